The smallest absolute Gasteiger partial charge is 0.305 e. The van der Waals surface area contributed by atoms with Crippen LogP contribution >= 0.6 is 0 Å². The highest BCUT2D eigenvalue weighted by Crippen LogP contribution is 2.29. The maximum Gasteiger partial charge on any atom is 0.305 e. The molecule has 0 aliphatic heterocycles. The van der Waals surface area contributed by atoms with Crippen molar-refractivity contribution in [2.24, 2.45) is 29.1 Å². The van der Waals surface area contributed by atoms with Crippen molar-refractivity contribution in [1.29, 1.82) is 0 Å². The van der Waals surface area contributed by atoms with Gasteiger partial charge in [0.05, 0.1) is 0 Å². The molecule has 0 saturated heterocycles. The number of hydrogen-bond donors (Lipinski definition) is 1. The molecule has 2 unspecified atom stereocenters. The zero-order valence-corrected chi connectivity index (χ0v) is 27.5. The molecule has 0 heterocycles. The molecule has 1 aromatic rings. The zero-order chi connectivity index (χ0) is 30.3. The van der Waals surface area contributed by atoms with Crippen LogP contribution in [0.25, 0.3) is 0 Å². The fourth-order valence-corrected chi connectivity index (χ4v) is 5.26. The lowest BCUT2D eigenvalue weighted by atomic mass is 9.82. The van der Waals surface area contributed by atoms with Crippen LogP contribution in [0.5, 0.6) is 0 Å². The second-order valence-corrected chi connectivity index (χ2v) is 13.5. The largest absolute Gasteiger partial charge is 0.462 e. The van der Waals surface area contributed by atoms with E-state index < -0.39 is 0 Å². The van der Waals surface area contributed by atoms with Crippen molar-refractivity contribution in [2.45, 2.75) is 126 Å². The molecule has 5 nitrogen and oxygen atoms in total. The summed E-state index contributed by atoms with van der Waals surface area (Å²) < 4.78 is 11.2. The number of rotatable bonds is 19. The summed E-state index contributed by atoms with van der Waals surface area (Å²) in [6, 6.07) is 7.04. The van der Waals surface area contributed by atoms with Crippen LogP contribution in [0.4, 0.5) is 0 Å². The molecular weight excluding hydrogens is 498 g/mol. The summed E-state index contributed by atoms with van der Waals surface area (Å²) in [6.07, 6.45) is 7.80. The molecule has 0 radical (unpaired) electrons. The maximum atomic E-state index is 13.1. The quantitative estimate of drug-likeness (QED) is 0.138. The molecule has 0 saturated carbocycles. The van der Waals surface area contributed by atoms with Crippen LogP contribution in [0.15, 0.2) is 18.2 Å². The number of benzene rings is 1. The Morgan fingerprint density at radius 3 is 2.20 bits per heavy atom. The molecule has 5 heteroatoms. The van der Waals surface area contributed by atoms with Crippen molar-refractivity contribution in [3.8, 4) is 0 Å². The van der Waals surface area contributed by atoms with Gasteiger partial charge in [0.2, 0.25) is 5.91 Å². The van der Waals surface area contributed by atoms with Gasteiger partial charge in [0, 0.05) is 32.6 Å². The fraction of sp³-hybridized carbons (Fsp3) is 0.771. The number of hydrogen-bond acceptors (Lipinski definition) is 4. The van der Waals surface area contributed by atoms with E-state index in [1.807, 2.05) is 6.92 Å². The Balaban J connectivity index is 2.99. The normalized spacial score (nSPS) is 14.3. The molecular formula is C35H61NO4. The summed E-state index contributed by atoms with van der Waals surface area (Å²) in [5.74, 6) is 0.854. The number of nitrogens with one attached hydrogen (secondary N) is 1. The minimum atomic E-state index is -0.250. The third-order valence-electron chi connectivity index (χ3n) is 8.03. The predicted molar refractivity (Wildman–Crippen MR) is 167 cm³/mol. The van der Waals surface area contributed by atoms with Crippen molar-refractivity contribution in [2.75, 3.05) is 20.3 Å². The van der Waals surface area contributed by atoms with Gasteiger partial charge in [-0.05, 0) is 91.2 Å². The standard InChI is InChI=1S/C35H61NO4/c1-11-28-17-16-27(22-30(28)15-13-14-20-39-10)21-29(25(3)4)18-19-31(40-33(37)12-2)23-32(26(5)6)34(38)36-24-35(7,8)9/h16-17,22,25-26,29,31-32H,11-15,18-21,23-24H2,1-10H3,(H,36,38)/t29?,31-,32?/m1/s1. The Morgan fingerprint density at radius 1 is 0.950 bits per heavy atom. The van der Waals surface area contributed by atoms with Crippen molar-refractivity contribution in [1.82, 2.24) is 5.32 Å². The first-order valence-electron chi connectivity index (χ1n) is 15.9. The van der Waals surface area contributed by atoms with Crippen LogP contribution in [0.2, 0.25) is 0 Å². The summed E-state index contributed by atoms with van der Waals surface area (Å²) in [4.78, 5) is 25.5. The first kappa shape index (κ1) is 36.1. The summed E-state index contributed by atoms with van der Waals surface area (Å²) in [6.45, 7) is 20.6. The number of carbonyl (C=O) groups excluding carboxylic acids is 2. The van der Waals surface area contributed by atoms with Gasteiger partial charge in [-0.3, -0.25) is 9.59 Å². The second-order valence-electron chi connectivity index (χ2n) is 13.5. The monoisotopic (exact) mass is 559 g/mol. The van der Waals surface area contributed by atoms with Gasteiger partial charge < -0.3 is 14.8 Å². The maximum absolute atomic E-state index is 13.1. The lowest BCUT2D eigenvalue weighted by Gasteiger charge is -2.29. The van der Waals surface area contributed by atoms with Gasteiger partial charge in [0.15, 0.2) is 0 Å². The number of unbranched alkanes of at least 4 members (excludes halogenated alkanes) is 1. The van der Waals surface area contributed by atoms with E-state index in [-0.39, 0.29) is 35.2 Å². The van der Waals surface area contributed by atoms with E-state index in [1.54, 1.807) is 7.11 Å². The first-order chi connectivity index (χ1) is 18.8. The number of carbonyl (C=O) groups is 2. The lowest BCUT2D eigenvalue weighted by molar-refractivity contribution is -0.151. The molecule has 0 aliphatic carbocycles. The Labute approximate surface area is 246 Å². The molecule has 0 spiro atoms. The van der Waals surface area contributed by atoms with E-state index in [0.717, 1.165) is 51.6 Å². The average molecular weight is 560 g/mol. The van der Waals surface area contributed by atoms with Crippen molar-refractivity contribution in [3.63, 3.8) is 0 Å². The molecule has 1 rings (SSSR count). The SMILES string of the molecule is CCC(=O)O[C@H](CCC(Cc1ccc(CC)c(CCCCOC)c1)C(C)C)CC(C(=O)NCC(C)(C)C)C(C)C. The third kappa shape index (κ3) is 14.1. The zero-order valence-electron chi connectivity index (χ0n) is 27.5. The van der Waals surface area contributed by atoms with E-state index in [0.29, 0.717) is 31.2 Å². The van der Waals surface area contributed by atoms with Crippen LogP contribution in [-0.2, 0) is 38.3 Å². The molecule has 1 amide bonds. The Bertz CT molecular complexity index is 871. The second kappa shape index (κ2) is 18.5. The van der Waals surface area contributed by atoms with Crippen LogP contribution in [0, 0.1) is 29.1 Å². The third-order valence-corrected chi connectivity index (χ3v) is 8.03. The van der Waals surface area contributed by atoms with Crippen LogP contribution < -0.4 is 5.32 Å². The molecule has 1 aromatic carbocycles. The number of esters is 1. The number of amides is 1. The molecule has 230 valence electrons. The van der Waals surface area contributed by atoms with Crippen LogP contribution in [-0.4, -0.2) is 38.2 Å². The van der Waals surface area contributed by atoms with Gasteiger partial charge >= 0.3 is 5.97 Å². The van der Waals surface area contributed by atoms with Crippen LogP contribution in [0.1, 0.15) is 118 Å². The van der Waals surface area contributed by atoms with Gasteiger partial charge in [0.1, 0.15) is 6.10 Å². The van der Waals surface area contributed by atoms with Crippen molar-refractivity contribution < 1.29 is 19.1 Å². The highest BCUT2D eigenvalue weighted by Gasteiger charge is 2.29. The molecule has 0 aliphatic rings. The Hall–Kier alpha value is -1.88. The van der Waals surface area contributed by atoms with Crippen LogP contribution in [0.3, 0.4) is 0 Å². The minimum Gasteiger partial charge on any atom is -0.462 e. The fourth-order valence-electron chi connectivity index (χ4n) is 5.26. The lowest BCUT2D eigenvalue weighted by Crippen LogP contribution is -2.40. The van der Waals surface area contributed by atoms with Gasteiger partial charge in [-0.2, -0.15) is 0 Å². The molecule has 0 bridgehead atoms. The molecule has 1 N–H and O–H groups in total. The van der Waals surface area contributed by atoms with Crippen molar-refractivity contribution >= 4 is 11.9 Å². The topological polar surface area (TPSA) is 64.6 Å². The Kier molecular flexibility index (Phi) is 16.7. The molecule has 0 aromatic heterocycles. The Morgan fingerprint density at radius 2 is 1.65 bits per heavy atom. The van der Waals surface area contributed by atoms with E-state index in [4.69, 9.17) is 9.47 Å². The molecule has 40 heavy (non-hydrogen) atoms. The first-order valence-corrected chi connectivity index (χ1v) is 15.9. The highest BCUT2D eigenvalue weighted by atomic mass is 16.5. The van der Waals surface area contributed by atoms with Gasteiger partial charge in [-0.25, -0.2) is 0 Å². The number of methoxy groups -OCH3 is 1. The highest BCUT2D eigenvalue weighted by molar-refractivity contribution is 5.79. The summed E-state index contributed by atoms with van der Waals surface area (Å²) in [5.41, 5.74) is 4.32. The van der Waals surface area contributed by atoms with Gasteiger partial charge in [0.25, 0.3) is 0 Å². The summed E-state index contributed by atoms with van der Waals surface area (Å²) >= 11 is 0. The average Bonchev–Trinajstić information content (AvgIpc) is 2.89. The van der Waals surface area contributed by atoms with Gasteiger partial charge in [-0.1, -0.05) is 80.5 Å². The number of aryl methyl sites for hydroxylation is 2. The summed E-state index contributed by atoms with van der Waals surface area (Å²) in [5, 5.41) is 3.14. The predicted octanol–water partition coefficient (Wildman–Crippen LogP) is 7.96. The van der Waals surface area contributed by atoms with Crippen molar-refractivity contribution in [3.05, 3.63) is 34.9 Å². The minimum absolute atomic E-state index is 0.0227. The molecule has 3 atom stereocenters. The molecule has 0 fully saturated rings. The van der Waals surface area contributed by atoms with E-state index >= 15 is 0 Å². The van der Waals surface area contributed by atoms with Gasteiger partial charge in [-0.15, -0.1) is 0 Å². The van der Waals surface area contributed by atoms with E-state index in [9.17, 15) is 9.59 Å². The van der Waals surface area contributed by atoms with E-state index in [2.05, 4.69) is 78.9 Å². The number of ether oxygens (including phenoxy) is 2. The summed E-state index contributed by atoms with van der Waals surface area (Å²) in [7, 11) is 1.77. The van der Waals surface area contributed by atoms with E-state index in [1.165, 1.54) is 16.7 Å².